The van der Waals surface area contributed by atoms with Crippen LogP contribution in [0.15, 0.2) is 30.3 Å². The molecule has 110 valence electrons. The molecule has 0 spiro atoms. The molecule has 1 rings (SSSR count). The molecule has 0 bridgehead atoms. The minimum atomic E-state index is -0.604. The lowest BCUT2D eigenvalue weighted by molar-refractivity contribution is -0.148. The van der Waals surface area contributed by atoms with Crippen LogP contribution in [0.5, 0.6) is 0 Å². The lowest BCUT2D eigenvalue weighted by atomic mass is 10.2. The number of esters is 1. The van der Waals surface area contributed by atoms with Crippen LogP contribution in [-0.4, -0.2) is 17.9 Å². The summed E-state index contributed by atoms with van der Waals surface area (Å²) in [6.07, 6.45) is 3.42. The third-order valence-corrected chi connectivity index (χ3v) is 2.96. The van der Waals surface area contributed by atoms with Crippen molar-refractivity contribution in [1.82, 2.24) is 5.32 Å². The normalized spacial score (nSPS) is 11.7. The Kier molecular flexibility index (Phi) is 7.40. The van der Waals surface area contributed by atoms with Gasteiger partial charge in [0.1, 0.15) is 12.6 Å². The summed E-state index contributed by atoms with van der Waals surface area (Å²) in [6, 6.07) is 8.87. The summed E-state index contributed by atoms with van der Waals surface area (Å²) in [7, 11) is 0. The van der Waals surface area contributed by atoms with Crippen molar-refractivity contribution in [3.8, 4) is 0 Å². The number of carbonyl (C=O) groups is 2. The zero-order valence-corrected chi connectivity index (χ0v) is 12.2. The van der Waals surface area contributed by atoms with Gasteiger partial charge >= 0.3 is 5.97 Å². The summed E-state index contributed by atoms with van der Waals surface area (Å²) in [5.74, 6) is -0.500. The van der Waals surface area contributed by atoms with Gasteiger partial charge in [0.05, 0.1) is 0 Å². The first kappa shape index (κ1) is 16.2. The molecule has 0 aliphatic carbocycles. The second-order valence-corrected chi connectivity index (χ2v) is 4.84. The SMILES string of the molecule is CCCCCC(=O)NC(C)C(=O)OCc1ccccc1. The van der Waals surface area contributed by atoms with E-state index in [9.17, 15) is 9.59 Å². The summed E-state index contributed by atoms with van der Waals surface area (Å²) in [5.41, 5.74) is 0.933. The van der Waals surface area contributed by atoms with Crippen molar-refractivity contribution < 1.29 is 14.3 Å². The maximum absolute atomic E-state index is 11.7. The minimum Gasteiger partial charge on any atom is -0.459 e. The van der Waals surface area contributed by atoms with Crippen molar-refractivity contribution in [3.05, 3.63) is 35.9 Å². The molecule has 0 aliphatic rings. The largest absolute Gasteiger partial charge is 0.459 e. The molecule has 0 saturated heterocycles. The van der Waals surface area contributed by atoms with E-state index in [0.717, 1.165) is 24.8 Å². The van der Waals surface area contributed by atoms with Gasteiger partial charge in [-0.25, -0.2) is 4.79 Å². The van der Waals surface area contributed by atoms with Crippen molar-refractivity contribution in [2.45, 2.75) is 52.2 Å². The molecule has 0 heterocycles. The predicted octanol–water partition coefficient (Wildman–Crippen LogP) is 2.81. The first-order valence-corrected chi connectivity index (χ1v) is 7.13. The van der Waals surface area contributed by atoms with E-state index in [-0.39, 0.29) is 12.5 Å². The number of benzene rings is 1. The topological polar surface area (TPSA) is 55.4 Å². The summed E-state index contributed by atoms with van der Waals surface area (Å²) in [4.78, 5) is 23.3. The van der Waals surface area contributed by atoms with Gasteiger partial charge in [-0.2, -0.15) is 0 Å². The lowest BCUT2D eigenvalue weighted by Crippen LogP contribution is -2.39. The van der Waals surface area contributed by atoms with Crippen LogP contribution in [0.2, 0.25) is 0 Å². The number of ether oxygens (including phenoxy) is 1. The molecule has 0 radical (unpaired) electrons. The Morgan fingerprint density at radius 2 is 1.90 bits per heavy atom. The molecule has 0 saturated carbocycles. The van der Waals surface area contributed by atoms with Crippen molar-refractivity contribution >= 4 is 11.9 Å². The number of carbonyl (C=O) groups excluding carboxylic acids is 2. The summed E-state index contributed by atoms with van der Waals surface area (Å²) < 4.78 is 5.16. The molecule has 1 amide bonds. The molecule has 1 unspecified atom stereocenters. The van der Waals surface area contributed by atoms with Crippen molar-refractivity contribution in [1.29, 1.82) is 0 Å². The van der Waals surface area contributed by atoms with Gasteiger partial charge in [0.2, 0.25) is 5.91 Å². The molecule has 0 fully saturated rings. The summed E-state index contributed by atoms with van der Waals surface area (Å²) in [5, 5.41) is 2.66. The van der Waals surface area contributed by atoms with E-state index < -0.39 is 12.0 Å². The van der Waals surface area contributed by atoms with Crippen LogP contribution in [0.3, 0.4) is 0 Å². The Labute approximate surface area is 120 Å². The first-order valence-electron chi connectivity index (χ1n) is 7.13. The number of amides is 1. The van der Waals surface area contributed by atoms with E-state index in [1.807, 2.05) is 30.3 Å². The van der Waals surface area contributed by atoms with Crippen LogP contribution in [0.4, 0.5) is 0 Å². The Morgan fingerprint density at radius 1 is 1.20 bits per heavy atom. The van der Waals surface area contributed by atoms with E-state index in [0.29, 0.717) is 6.42 Å². The predicted molar refractivity (Wildman–Crippen MR) is 78.0 cm³/mol. The quantitative estimate of drug-likeness (QED) is 0.587. The fraction of sp³-hybridized carbons (Fsp3) is 0.500. The average molecular weight is 277 g/mol. The van der Waals surface area contributed by atoms with Gasteiger partial charge in [-0.15, -0.1) is 0 Å². The van der Waals surface area contributed by atoms with Crippen molar-refractivity contribution in [2.24, 2.45) is 0 Å². The summed E-state index contributed by atoms with van der Waals surface area (Å²) in [6.45, 7) is 3.96. The minimum absolute atomic E-state index is 0.0948. The van der Waals surface area contributed by atoms with Crippen molar-refractivity contribution in [3.63, 3.8) is 0 Å². The standard InChI is InChI=1S/C16H23NO3/c1-3-4-6-11-15(18)17-13(2)16(19)20-12-14-9-7-5-8-10-14/h5,7-10,13H,3-4,6,11-12H2,1-2H3,(H,17,18). The fourth-order valence-corrected chi connectivity index (χ4v) is 1.76. The van der Waals surface area contributed by atoms with E-state index >= 15 is 0 Å². The average Bonchev–Trinajstić information content (AvgIpc) is 2.46. The monoisotopic (exact) mass is 277 g/mol. The van der Waals surface area contributed by atoms with E-state index in [1.54, 1.807) is 6.92 Å². The number of rotatable bonds is 8. The van der Waals surface area contributed by atoms with Gasteiger partial charge < -0.3 is 10.1 Å². The number of unbranched alkanes of at least 4 members (excludes halogenated alkanes) is 2. The van der Waals surface area contributed by atoms with Crippen LogP contribution in [-0.2, 0) is 20.9 Å². The van der Waals surface area contributed by atoms with E-state index in [1.165, 1.54) is 0 Å². The number of hydrogen-bond donors (Lipinski definition) is 1. The number of nitrogens with one attached hydrogen (secondary N) is 1. The van der Waals surface area contributed by atoms with Crippen LogP contribution in [0, 0.1) is 0 Å². The van der Waals surface area contributed by atoms with Gasteiger partial charge in [-0.1, -0.05) is 50.1 Å². The van der Waals surface area contributed by atoms with Gasteiger partial charge in [-0.05, 0) is 18.9 Å². The van der Waals surface area contributed by atoms with Crippen LogP contribution in [0.1, 0.15) is 45.1 Å². The highest BCUT2D eigenvalue weighted by atomic mass is 16.5. The third kappa shape index (κ3) is 6.36. The molecule has 1 N–H and O–H groups in total. The molecule has 4 heteroatoms. The molecule has 4 nitrogen and oxygen atoms in total. The van der Waals surface area contributed by atoms with Crippen LogP contribution >= 0.6 is 0 Å². The second-order valence-electron chi connectivity index (χ2n) is 4.84. The molecule has 0 aliphatic heterocycles. The van der Waals surface area contributed by atoms with Gasteiger partial charge in [0.15, 0.2) is 0 Å². The van der Waals surface area contributed by atoms with E-state index in [2.05, 4.69) is 12.2 Å². The highest BCUT2D eigenvalue weighted by Crippen LogP contribution is 2.03. The van der Waals surface area contributed by atoms with Gasteiger partial charge in [0, 0.05) is 6.42 Å². The number of hydrogen-bond acceptors (Lipinski definition) is 3. The second kappa shape index (κ2) is 9.13. The van der Waals surface area contributed by atoms with Crippen LogP contribution < -0.4 is 5.32 Å². The molecule has 0 aromatic heterocycles. The highest BCUT2D eigenvalue weighted by Gasteiger charge is 2.16. The molecule has 1 aromatic carbocycles. The van der Waals surface area contributed by atoms with Crippen LogP contribution in [0.25, 0.3) is 0 Å². The zero-order valence-electron chi connectivity index (χ0n) is 12.2. The highest BCUT2D eigenvalue weighted by molar-refractivity contribution is 5.84. The maximum Gasteiger partial charge on any atom is 0.328 e. The smallest absolute Gasteiger partial charge is 0.328 e. The molecule has 1 atom stereocenters. The fourth-order valence-electron chi connectivity index (χ4n) is 1.76. The molecule has 20 heavy (non-hydrogen) atoms. The van der Waals surface area contributed by atoms with Crippen molar-refractivity contribution in [2.75, 3.05) is 0 Å². The first-order chi connectivity index (χ1) is 9.63. The maximum atomic E-state index is 11.7. The molecule has 1 aromatic rings. The Morgan fingerprint density at radius 3 is 2.55 bits per heavy atom. The summed E-state index contributed by atoms with van der Waals surface area (Å²) >= 11 is 0. The van der Waals surface area contributed by atoms with Gasteiger partial charge in [-0.3, -0.25) is 4.79 Å². The zero-order chi connectivity index (χ0) is 14.8. The molecular weight excluding hydrogens is 254 g/mol. The Hall–Kier alpha value is -1.84. The van der Waals surface area contributed by atoms with E-state index in [4.69, 9.17) is 4.74 Å². The van der Waals surface area contributed by atoms with Gasteiger partial charge in [0.25, 0.3) is 0 Å². The Balaban J connectivity index is 2.26. The third-order valence-electron chi connectivity index (χ3n) is 2.96. The Bertz CT molecular complexity index is 417. The lowest BCUT2D eigenvalue weighted by Gasteiger charge is -2.13. The molecular formula is C16H23NO3.